The van der Waals surface area contributed by atoms with Crippen molar-refractivity contribution in [3.63, 3.8) is 0 Å². The maximum absolute atomic E-state index is 11.7. The Balaban J connectivity index is 1.76. The average Bonchev–Trinajstić information content (AvgIpc) is 2.52. The van der Waals surface area contributed by atoms with Crippen LogP contribution >= 0.6 is 0 Å². The fraction of sp³-hybridized carbons (Fsp3) is 0.125. The maximum Gasteiger partial charge on any atom is 0.645 e. The van der Waals surface area contributed by atoms with Crippen LogP contribution in [0.15, 0.2) is 60.7 Å². The molecule has 1 amide bonds. The van der Waals surface area contributed by atoms with E-state index in [1.165, 1.54) is 0 Å². The molecule has 0 saturated heterocycles. The molecule has 0 unspecified atom stereocenters. The van der Waals surface area contributed by atoms with Crippen LogP contribution in [0.4, 0.5) is 4.79 Å². The van der Waals surface area contributed by atoms with Crippen molar-refractivity contribution in [2.75, 3.05) is 0 Å². The van der Waals surface area contributed by atoms with E-state index in [9.17, 15) is 4.79 Å². The lowest BCUT2D eigenvalue weighted by Gasteiger charge is -2.02. The predicted molar refractivity (Wildman–Crippen MR) is 75.2 cm³/mol. The van der Waals surface area contributed by atoms with Crippen molar-refractivity contribution in [1.29, 1.82) is 0 Å². The van der Waals surface area contributed by atoms with Crippen molar-refractivity contribution >= 4 is 12.8 Å². The lowest BCUT2D eigenvalue weighted by molar-refractivity contribution is -0.723. The standard InChI is InChI=1S/C16H16NO3/c1-17(20-13-15-10-6-3-7-11-15)16(18)19-12-14-8-4-2-5-9-14/h2-11H,1,12-13H2/q+1. The van der Waals surface area contributed by atoms with Gasteiger partial charge in [0.05, 0.1) is 4.74 Å². The summed E-state index contributed by atoms with van der Waals surface area (Å²) in [6, 6.07) is 19.0. The summed E-state index contributed by atoms with van der Waals surface area (Å²) in [5, 5.41) is 0. The first kappa shape index (κ1) is 13.8. The smallest absolute Gasteiger partial charge is 0.404 e. The molecule has 4 heteroatoms. The molecule has 0 saturated carbocycles. The predicted octanol–water partition coefficient (Wildman–Crippen LogP) is 3.17. The molecule has 0 aliphatic carbocycles. The second-order valence-electron chi connectivity index (χ2n) is 4.18. The molecule has 0 bridgehead atoms. The fourth-order valence-electron chi connectivity index (χ4n) is 1.57. The number of rotatable bonds is 5. The molecule has 2 rings (SSSR count). The molecule has 2 aromatic rings. The number of carbonyl (C=O) groups excluding carboxylic acids is 1. The molecule has 102 valence electrons. The molecule has 0 aromatic heterocycles. The first-order valence-electron chi connectivity index (χ1n) is 6.24. The van der Waals surface area contributed by atoms with Crippen molar-refractivity contribution in [1.82, 2.24) is 0 Å². The van der Waals surface area contributed by atoms with Gasteiger partial charge in [-0.25, -0.2) is 0 Å². The van der Waals surface area contributed by atoms with Crippen molar-refractivity contribution < 1.29 is 19.1 Å². The maximum atomic E-state index is 11.7. The van der Waals surface area contributed by atoms with E-state index in [0.717, 1.165) is 15.9 Å². The third-order valence-corrected chi connectivity index (χ3v) is 2.64. The molecule has 2 aromatic carbocycles. The van der Waals surface area contributed by atoms with Gasteiger partial charge in [0.1, 0.15) is 6.61 Å². The van der Waals surface area contributed by atoms with Gasteiger partial charge in [-0.2, -0.15) is 4.79 Å². The van der Waals surface area contributed by atoms with Gasteiger partial charge < -0.3 is 4.74 Å². The summed E-state index contributed by atoms with van der Waals surface area (Å²) in [5.74, 6) is 0. The van der Waals surface area contributed by atoms with E-state index in [4.69, 9.17) is 9.57 Å². The monoisotopic (exact) mass is 270 g/mol. The number of ether oxygens (including phenoxy) is 1. The van der Waals surface area contributed by atoms with Crippen LogP contribution in [0, 0.1) is 0 Å². The van der Waals surface area contributed by atoms with Crippen molar-refractivity contribution in [2.24, 2.45) is 0 Å². The van der Waals surface area contributed by atoms with Gasteiger partial charge in [-0.1, -0.05) is 60.7 Å². The summed E-state index contributed by atoms with van der Waals surface area (Å²) in [6.45, 7) is 3.97. The van der Waals surface area contributed by atoms with E-state index in [-0.39, 0.29) is 13.2 Å². The van der Waals surface area contributed by atoms with E-state index >= 15 is 0 Å². The van der Waals surface area contributed by atoms with Crippen molar-refractivity contribution in [2.45, 2.75) is 13.2 Å². The van der Waals surface area contributed by atoms with Crippen LogP contribution in [0.1, 0.15) is 11.1 Å². The molecule has 0 aliphatic rings. The molecule has 0 radical (unpaired) electrons. The minimum Gasteiger partial charge on any atom is -0.404 e. The average molecular weight is 270 g/mol. The van der Waals surface area contributed by atoms with Gasteiger partial charge in [0.2, 0.25) is 0 Å². The highest BCUT2D eigenvalue weighted by Gasteiger charge is 2.19. The van der Waals surface area contributed by atoms with E-state index in [1.807, 2.05) is 60.7 Å². The SMILES string of the molecule is C=[N+](OCc1ccccc1)C(=O)OCc1ccccc1. The zero-order valence-corrected chi connectivity index (χ0v) is 11.1. The number of hydroxylamine groups is 1. The highest BCUT2D eigenvalue weighted by Crippen LogP contribution is 2.03. The van der Waals surface area contributed by atoms with Gasteiger partial charge in [0, 0.05) is 0 Å². The molecule has 0 heterocycles. The zero-order valence-electron chi connectivity index (χ0n) is 11.1. The minimum atomic E-state index is -0.621. The number of amides is 1. The second kappa shape index (κ2) is 7.09. The quantitative estimate of drug-likeness (QED) is 0.476. The molecule has 20 heavy (non-hydrogen) atoms. The molecule has 0 spiro atoms. The topological polar surface area (TPSA) is 38.5 Å². The van der Waals surface area contributed by atoms with Gasteiger partial charge in [0.15, 0.2) is 13.3 Å². The number of carbonyl (C=O) groups is 1. The van der Waals surface area contributed by atoms with Crippen molar-refractivity contribution in [3.05, 3.63) is 71.8 Å². The summed E-state index contributed by atoms with van der Waals surface area (Å²) in [7, 11) is 0. The highest BCUT2D eigenvalue weighted by molar-refractivity contribution is 5.59. The lowest BCUT2D eigenvalue weighted by Crippen LogP contribution is -2.20. The van der Waals surface area contributed by atoms with Crippen molar-refractivity contribution in [3.8, 4) is 0 Å². The number of benzene rings is 2. The summed E-state index contributed by atoms with van der Waals surface area (Å²) in [5.41, 5.74) is 1.87. The summed E-state index contributed by atoms with van der Waals surface area (Å²) in [4.78, 5) is 16.9. The molecular formula is C16H16NO3+. The molecule has 0 fully saturated rings. The Labute approximate surface area is 117 Å². The van der Waals surface area contributed by atoms with Crippen LogP contribution < -0.4 is 0 Å². The normalized spacial score (nSPS) is 9.80. The first-order chi connectivity index (χ1) is 9.75. The third kappa shape index (κ3) is 4.24. The largest absolute Gasteiger partial charge is 0.645 e. The van der Waals surface area contributed by atoms with Crippen LogP contribution in [0.25, 0.3) is 0 Å². The highest BCUT2D eigenvalue weighted by atomic mass is 16.7. The number of hydrogen-bond donors (Lipinski definition) is 0. The molecular weight excluding hydrogens is 254 g/mol. The zero-order chi connectivity index (χ0) is 14.2. The van der Waals surface area contributed by atoms with E-state index in [2.05, 4.69) is 6.72 Å². The molecule has 0 N–H and O–H groups in total. The van der Waals surface area contributed by atoms with Crippen LogP contribution in [-0.4, -0.2) is 17.5 Å². The Bertz CT molecular complexity index is 513. The van der Waals surface area contributed by atoms with E-state index in [0.29, 0.717) is 0 Å². The Hall–Kier alpha value is -2.62. The summed E-state index contributed by atoms with van der Waals surface area (Å²) in [6.07, 6.45) is -0.621. The fourth-order valence-corrected chi connectivity index (χ4v) is 1.57. The van der Waals surface area contributed by atoms with Crippen LogP contribution in [0.2, 0.25) is 0 Å². The Morgan fingerprint density at radius 3 is 1.95 bits per heavy atom. The van der Waals surface area contributed by atoms with Crippen LogP contribution in [0.3, 0.4) is 0 Å². The second-order valence-corrected chi connectivity index (χ2v) is 4.18. The number of nitrogens with zero attached hydrogens (tertiary/aromatic N) is 1. The van der Waals surface area contributed by atoms with Gasteiger partial charge in [-0.15, -0.1) is 0 Å². The first-order valence-corrected chi connectivity index (χ1v) is 6.24. The summed E-state index contributed by atoms with van der Waals surface area (Å²) >= 11 is 0. The third-order valence-electron chi connectivity index (χ3n) is 2.64. The van der Waals surface area contributed by atoms with Gasteiger partial charge >= 0.3 is 6.09 Å². The molecule has 0 atom stereocenters. The Kier molecular flexibility index (Phi) is 4.89. The van der Waals surface area contributed by atoms with E-state index in [1.54, 1.807) is 0 Å². The van der Waals surface area contributed by atoms with E-state index < -0.39 is 6.09 Å². The molecule has 0 aliphatic heterocycles. The Morgan fingerprint density at radius 1 is 0.900 bits per heavy atom. The van der Waals surface area contributed by atoms with Gasteiger partial charge in [-0.3, -0.25) is 4.84 Å². The minimum absolute atomic E-state index is 0.195. The summed E-state index contributed by atoms with van der Waals surface area (Å²) < 4.78 is 5.93. The lowest BCUT2D eigenvalue weighted by atomic mass is 10.2. The van der Waals surface area contributed by atoms with Crippen LogP contribution in [0.5, 0.6) is 0 Å². The van der Waals surface area contributed by atoms with Gasteiger partial charge in [0.25, 0.3) is 0 Å². The van der Waals surface area contributed by atoms with Gasteiger partial charge in [-0.05, 0) is 11.1 Å². The van der Waals surface area contributed by atoms with Crippen LogP contribution in [-0.2, 0) is 22.8 Å². The Morgan fingerprint density at radius 2 is 1.40 bits per heavy atom. The number of hydrogen-bond acceptors (Lipinski definition) is 3. The molecule has 4 nitrogen and oxygen atoms in total.